The van der Waals surface area contributed by atoms with Crippen LogP contribution in [0.3, 0.4) is 0 Å². The SMILES string of the molecule is O=C(Nc1ccccc1)c1cccn2cccc12. The van der Waals surface area contributed by atoms with E-state index < -0.39 is 0 Å². The molecule has 88 valence electrons. The molecule has 1 N–H and O–H groups in total. The molecule has 2 heterocycles. The molecule has 1 amide bonds. The topological polar surface area (TPSA) is 33.5 Å². The average Bonchev–Trinajstić information content (AvgIpc) is 2.87. The van der Waals surface area contributed by atoms with Crippen molar-refractivity contribution >= 4 is 17.1 Å². The third kappa shape index (κ3) is 1.86. The molecule has 0 spiro atoms. The van der Waals surface area contributed by atoms with Gasteiger partial charge in [-0.3, -0.25) is 4.79 Å². The molecule has 3 aromatic rings. The molecule has 0 aliphatic rings. The lowest BCUT2D eigenvalue weighted by Crippen LogP contribution is -2.12. The maximum Gasteiger partial charge on any atom is 0.257 e. The van der Waals surface area contributed by atoms with Gasteiger partial charge in [0.15, 0.2) is 0 Å². The van der Waals surface area contributed by atoms with Crippen LogP contribution in [0.1, 0.15) is 10.4 Å². The third-order valence-electron chi connectivity index (χ3n) is 2.84. The minimum atomic E-state index is -0.0921. The van der Waals surface area contributed by atoms with Crippen molar-refractivity contribution in [2.45, 2.75) is 0 Å². The van der Waals surface area contributed by atoms with Crippen LogP contribution in [0, 0.1) is 0 Å². The van der Waals surface area contributed by atoms with Crippen LogP contribution in [0.4, 0.5) is 5.69 Å². The van der Waals surface area contributed by atoms with Gasteiger partial charge in [0.25, 0.3) is 5.91 Å². The number of nitrogens with one attached hydrogen (secondary N) is 1. The van der Waals surface area contributed by atoms with E-state index >= 15 is 0 Å². The van der Waals surface area contributed by atoms with E-state index in [0.717, 1.165) is 11.2 Å². The Balaban J connectivity index is 1.95. The highest BCUT2D eigenvalue weighted by atomic mass is 16.1. The minimum Gasteiger partial charge on any atom is -0.323 e. The summed E-state index contributed by atoms with van der Waals surface area (Å²) in [6.45, 7) is 0. The molecule has 0 aliphatic carbocycles. The van der Waals surface area contributed by atoms with Crippen LogP contribution in [-0.2, 0) is 0 Å². The van der Waals surface area contributed by atoms with E-state index in [1.807, 2.05) is 71.4 Å². The second kappa shape index (κ2) is 4.37. The molecule has 18 heavy (non-hydrogen) atoms. The van der Waals surface area contributed by atoms with Gasteiger partial charge in [0, 0.05) is 18.1 Å². The lowest BCUT2D eigenvalue weighted by molar-refractivity contribution is 0.102. The zero-order valence-corrected chi connectivity index (χ0v) is 9.71. The number of pyridine rings is 1. The van der Waals surface area contributed by atoms with E-state index in [2.05, 4.69) is 5.32 Å². The number of para-hydroxylation sites is 1. The fourth-order valence-electron chi connectivity index (χ4n) is 1.98. The first-order valence-electron chi connectivity index (χ1n) is 5.77. The Kier molecular flexibility index (Phi) is 2.57. The van der Waals surface area contributed by atoms with Gasteiger partial charge in [-0.2, -0.15) is 0 Å². The molecule has 0 unspecified atom stereocenters. The molecular formula is C15H12N2O. The normalized spacial score (nSPS) is 10.4. The molecule has 0 radical (unpaired) electrons. The predicted octanol–water partition coefficient (Wildman–Crippen LogP) is 3.19. The van der Waals surface area contributed by atoms with Crippen LogP contribution in [-0.4, -0.2) is 10.3 Å². The fraction of sp³-hybridized carbons (Fsp3) is 0. The number of carbonyl (C=O) groups is 1. The van der Waals surface area contributed by atoms with Crippen molar-refractivity contribution in [3.8, 4) is 0 Å². The Labute approximate surface area is 105 Å². The summed E-state index contributed by atoms with van der Waals surface area (Å²) >= 11 is 0. The molecule has 2 aromatic heterocycles. The zero-order chi connectivity index (χ0) is 12.4. The Morgan fingerprint density at radius 1 is 0.889 bits per heavy atom. The minimum absolute atomic E-state index is 0.0921. The molecule has 3 heteroatoms. The van der Waals surface area contributed by atoms with Gasteiger partial charge in [0.1, 0.15) is 0 Å². The first-order chi connectivity index (χ1) is 8.84. The molecule has 0 saturated heterocycles. The van der Waals surface area contributed by atoms with E-state index in [1.165, 1.54) is 0 Å². The third-order valence-corrected chi connectivity index (χ3v) is 2.84. The van der Waals surface area contributed by atoms with Gasteiger partial charge in [-0.25, -0.2) is 0 Å². The van der Waals surface area contributed by atoms with E-state index in [9.17, 15) is 4.79 Å². The highest BCUT2D eigenvalue weighted by molar-refractivity contribution is 6.08. The quantitative estimate of drug-likeness (QED) is 0.728. The van der Waals surface area contributed by atoms with Crippen molar-refractivity contribution in [2.75, 3.05) is 5.32 Å². The molecule has 0 atom stereocenters. The van der Waals surface area contributed by atoms with Crippen molar-refractivity contribution in [3.63, 3.8) is 0 Å². The van der Waals surface area contributed by atoms with E-state index in [4.69, 9.17) is 0 Å². The van der Waals surface area contributed by atoms with Crippen molar-refractivity contribution in [2.24, 2.45) is 0 Å². The van der Waals surface area contributed by atoms with Crippen molar-refractivity contribution in [1.82, 2.24) is 4.40 Å². The van der Waals surface area contributed by atoms with Crippen LogP contribution < -0.4 is 5.32 Å². The smallest absolute Gasteiger partial charge is 0.257 e. The molecule has 0 aliphatic heterocycles. The monoisotopic (exact) mass is 236 g/mol. The summed E-state index contributed by atoms with van der Waals surface area (Å²) in [4.78, 5) is 12.2. The Hall–Kier alpha value is -2.55. The van der Waals surface area contributed by atoms with E-state index in [1.54, 1.807) is 0 Å². The average molecular weight is 236 g/mol. The summed E-state index contributed by atoms with van der Waals surface area (Å²) in [7, 11) is 0. The molecular weight excluding hydrogens is 224 g/mol. The Morgan fingerprint density at radius 2 is 1.61 bits per heavy atom. The van der Waals surface area contributed by atoms with Crippen molar-refractivity contribution in [1.29, 1.82) is 0 Å². The van der Waals surface area contributed by atoms with Crippen molar-refractivity contribution in [3.05, 3.63) is 72.6 Å². The number of benzene rings is 1. The molecule has 0 fully saturated rings. The van der Waals surface area contributed by atoms with Crippen LogP contribution in [0.25, 0.3) is 5.52 Å². The molecule has 3 nitrogen and oxygen atoms in total. The molecule has 0 saturated carbocycles. The van der Waals surface area contributed by atoms with Gasteiger partial charge in [-0.15, -0.1) is 0 Å². The molecule has 1 aromatic carbocycles. The van der Waals surface area contributed by atoms with Gasteiger partial charge in [0.05, 0.1) is 11.1 Å². The summed E-state index contributed by atoms with van der Waals surface area (Å²) in [5.74, 6) is -0.0921. The number of hydrogen-bond donors (Lipinski definition) is 1. The van der Waals surface area contributed by atoms with Crippen molar-refractivity contribution < 1.29 is 4.79 Å². The van der Waals surface area contributed by atoms with Gasteiger partial charge >= 0.3 is 0 Å². The van der Waals surface area contributed by atoms with E-state index in [0.29, 0.717) is 5.56 Å². The van der Waals surface area contributed by atoms with Crippen LogP contribution in [0.2, 0.25) is 0 Å². The predicted molar refractivity (Wildman–Crippen MR) is 71.8 cm³/mol. The van der Waals surface area contributed by atoms with Gasteiger partial charge in [-0.05, 0) is 36.4 Å². The maximum absolute atomic E-state index is 12.2. The second-order valence-electron chi connectivity index (χ2n) is 4.04. The number of carbonyl (C=O) groups excluding carboxylic acids is 1. The number of nitrogens with zero attached hydrogens (tertiary/aromatic N) is 1. The number of aromatic nitrogens is 1. The summed E-state index contributed by atoms with van der Waals surface area (Å²) < 4.78 is 1.93. The highest BCUT2D eigenvalue weighted by Gasteiger charge is 2.09. The number of rotatable bonds is 2. The summed E-state index contributed by atoms with van der Waals surface area (Å²) in [5, 5.41) is 2.89. The summed E-state index contributed by atoms with van der Waals surface area (Å²) in [6, 6.07) is 17.0. The second-order valence-corrected chi connectivity index (χ2v) is 4.04. The molecule has 0 bridgehead atoms. The van der Waals surface area contributed by atoms with Gasteiger partial charge in [0.2, 0.25) is 0 Å². The lowest BCUT2D eigenvalue weighted by Gasteiger charge is -2.06. The molecule has 3 rings (SSSR count). The Bertz CT molecular complexity index is 686. The number of fused-ring (bicyclic) bond motifs is 1. The summed E-state index contributed by atoms with van der Waals surface area (Å²) in [5.41, 5.74) is 2.38. The fourth-order valence-corrected chi connectivity index (χ4v) is 1.98. The Morgan fingerprint density at radius 3 is 2.39 bits per heavy atom. The summed E-state index contributed by atoms with van der Waals surface area (Å²) in [6.07, 6.45) is 3.85. The number of amides is 1. The van der Waals surface area contributed by atoms with Gasteiger partial charge in [-0.1, -0.05) is 18.2 Å². The lowest BCUT2D eigenvalue weighted by atomic mass is 10.2. The number of hydrogen-bond acceptors (Lipinski definition) is 1. The highest BCUT2D eigenvalue weighted by Crippen LogP contribution is 2.14. The first-order valence-corrected chi connectivity index (χ1v) is 5.77. The largest absolute Gasteiger partial charge is 0.323 e. The standard InChI is InChI=1S/C15H12N2O/c18-15(16-12-6-2-1-3-7-12)13-8-4-10-17-11-5-9-14(13)17/h1-11H,(H,16,18). The van der Waals surface area contributed by atoms with Crippen LogP contribution in [0.15, 0.2) is 67.0 Å². The number of anilines is 1. The van der Waals surface area contributed by atoms with E-state index in [-0.39, 0.29) is 5.91 Å². The van der Waals surface area contributed by atoms with Crippen LogP contribution in [0.5, 0.6) is 0 Å². The maximum atomic E-state index is 12.2. The first kappa shape index (κ1) is 10.6. The van der Waals surface area contributed by atoms with Crippen LogP contribution >= 0.6 is 0 Å². The van der Waals surface area contributed by atoms with Gasteiger partial charge < -0.3 is 9.72 Å². The zero-order valence-electron chi connectivity index (χ0n) is 9.71.